The van der Waals surface area contributed by atoms with Crippen LogP contribution in [-0.2, 0) is 6.54 Å². The fraction of sp³-hybridized carbons (Fsp3) is 0.583. The van der Waals surface area contributed by atoms with Gasteiger partial charge in [-0.25, -0.2) is 0 Å². The lowest BCUT2D eigenvalue weighted by molar-refractivity contribution is 0.506. The second-order valence-corrected chi connectivity index (χ2v) is 4.81. The molecule has 1 aromatic rings. The molecule has 0 spiro atoms. The smallest absolute Gasteiger partial charge is 0.0570 e. The summed E-state index contributed by atoms with van der Waals surface area (Å²) in [4.78, 5) is 4.33. The van der Waals surface area contributed by atoms with Gasteiger partial charge in [-0.15, -0.1) is 11.6 Å². The van der Waals surface area contributed by atoms with E-state index in [1.807, 2.05) is 19.2 Å². The predicted octanol–water partition coefficient (Wildman–Crippen LogP) is 2.89. The van der Waals surface area contributed by atoms with Gasteiger partial charge in [-0.2, -0.15) is 0 Å². The third-order valence-electron chi connectivity index (χ3n) is 2.41. The molecule has 0 aliphatic heterocycles. The zero-order valence-corrected chi connectivity index (χ0v) is 10.4. The molecule has 0 fully saturated rings. The Morgan fingerprint density at radius 2 is 2.20 bits per heavy atom. The van der Waals surface area contributed by atoms with Crippen LogP contribution in [0, 0.1) is 6.92 Å². The number of hydrogen-bond acceptors (Lipinski definition) is 2. The average molecular weight is 227 g/mol. The molecule has 1 aromatic heterocycles. The Kier molecular flexibility index (Phi) is 5.06. The van der Waals surface area contributed by atoms with Crippen molar-refractivity contribution in [2.24, 2.45) is 0 Å². The summed E-state index contributed by atoms with van der Waals surface area (Å²) in [5.74, 6) is 0. The number of nitrogens with one attached hydrogen (secondary N) is 1. The van der Waals surface area contributed by atoms with Gasteiger partial charge in [0.25, 0.3) is 0 Å². The molecular formula is C12H19ClN2. The summed E-state index contributed by atoms with van der Waals surface area (Å²) >= 11 is 5.93. The molecule has 84 valence electrons. The van der Waals surface area contributed by atoms with Crippen molar-refractivity contribution in [3.05, 3.63) is 29.6 Å². The first kappa shape index (κ1) is 12.5. The summed E-state index contributed by atoms with van der Waals surface area (Å²) in [6.07, 6.45) is 2.81. The molecule has 0 bridgehead atoms. The van der Waals surface area contributed by atoms with E-state index in [2.05, 4.69) is 30.2 Å². The summed E-state index contributed by atoms with van der Waals surface area (Å²) in [5.41, 5.74) is 2.35. The number of nitrogens with zero attached hydrogens (tertiary/aromatic N) is 1. The molecule has 0 saturated carbocycles. The van der Waals surface area contributed by atoms with Crippen molar-refractivity contribution in [3.63, 3.8) is 0 Å². The monoisotopic (exact) mass is 226 g/mol. The summed E-state index contributed by atoms with van der Waals surface area (Å²) in [6.45, 7) is 7.07. The first-order valence-electron chi connectivity index (χ1n) is 5.37. The summed E-state index contributed by atoms with van der Waals surface area (Å²) in [6, 6.07) is 4.47. The maximum atomic E-state index is 5.93. The van der Waals surface area contributed by atoms with Crippen molar-refractivity contribution < 1.29 is 0 Å². The molecule has 2 nitrogen and oxygen atoms in total. The molecular weight excluding hydrogens is 208 g/mol. The Morgan fingerprint density at radius 1 is 1.47 bits per heavy atom. The number of halogens is 1. The topological polar surface area (TPSA) is 24.9 Å². The molecule has 0 aliphatic rings. The Bertz CT molecular complexity index is 299. The Labute approximate surface area is 97.1 Å². The van der Waals surface area contributed by atoms with Crippen LogP contribution < -0.4 is 5.32 Å². The highest BCUT2D eigenvalue weighted by Gasteiger charge is 2.06. The van der Waals surface area contributed by atoms with Gasteiger partial charge in [0.15, 0.2) is 0 Å². The fourth-order valence-corrected chi connectivity index (χ4v) is 1.81. The van der Waals surface area contributed by atoms with Gasteiger partial charge >= 0.3 is 0 Å². The minimum Gasteiger partial charge on any atom is -0.309 e. The first-order valence-corrected chi connectivity index (χ1v) is 5.81. The second-order valence-electron chi connectivity index (χ2n) is 4.07. The van der Waals surface area contributed by atoms with Crippen molar-refractivity contribution in [1.29, 1.82) is 0 Å². The largest absolute Gasteiger partial charge is 0.309 e. The maximum Gasteiger partial charge on any atom is 0.0570 e. The number of rotatable bonds is 5. The van der Waals surface area contributed by atoms with Gasteiger partial charge in [0.1, 0.15) is 0 Å². The van der Waals surface area contributed by atoms with Crippen molar-refractivity contribution in [2.45, 2.75) is 45.2 Å². The van der Waals surface area contributed by atoms with E-state index in [1.54, 1.807) is 0 Å². The number of hydrogen-bond donors (Lipinski definition) is 1. The van der Waals surface area contributed by atoms with Crippen LogP contribution in [0.1, 0.15) is 31.5 Å². The van der Waals surface area contributed by atoms with Crippen LogP contribution in [0.15, 0.2) is 18.3 Å². The van der Waals surface area contributed by atoms with E-state index in [4.69, 9.17) is 11.6 Å². The molecule has 0 radical (unpaired) electrons. The minimum absolute atomic E-state index is 0.220. The van der Waals surface area contributed by atoms with Gasteiger partial charge in [0.2, 0.25) is 0 Å². The van der Waals surface area contributed by atoms with Crippen LogP contribution in [0.25, 0.3) is 0 Å². The van der Waals surface area contributed by atoms with Crippen LogP contribution in [-0.4, -0.2) is 16.4 Å². The van der Waals surface area contributed by atoms with Gasteiger partial charge in [-0.1, -0.05) is 6.07 Å². The second kappa shape index (κ2) is 6.09. The normalized spacial score (nSPS) is 14.9. The molecule has 2 atom stereocenters. The standard InChI is InChI=1S/C12H19ClN2/c1-9-5-4-6-14-12(9)8-15-11(3)7-10(2)13/h4-6,10-11,15H,7-8H2,1-3H3. The van der Waals surface area contributed by atoms with Crippen molar-refractivity contribution in [3.8, 4) is 0 Å². The van der Waals surface area contributed by atoms with E-state index in [9.17, 15) is 0 Å². The van der Waals surface area contributed by atoms with Gasteiger partial charge in [-0.05, 0) is 38.8 Å². The highest BCUT2D eigenvalue weighted by Crippen LogP contribution is 2.06. The van der Waals surface area contributed by atoms with Gasteiger partial charge < -0.3 is 5.32 Å². The molecule has 0 amide bonds. The molecule has 0 aliphatic carbocycles. The summed E-state index contributed by atoms with van der Waals surface area (Å²) < 4.78 is 0. The molecule has 0 saturated heterocycles. The van der Waals surface area contributed by atoms with Crippen LogP contribution in [0.4, 0.5) is 0 Å². The Morgan fingerprint density at radius 3 is 2.80 bits per heavy atom. The third kappa shape index (κ3) is 4.63. The van der Waals surface area contributed by atoms with Crippen LogP contribution in [0.2, 0.25) is 0 Å². The van der Waals surface area contributed by atoms with Crippen LogP contribution in [0.5, 0.6) is 0 Å². The fourth-order valence-electron chi connectivity index (χ4n) is 1.54. The highest BCUT2D eigenvalue weighted by molar-refractivity contribution is 6.20. The predicted molar refractivity (Wildman–Crippen MR) is 65.2 cm³/mol. The lowest BCUT2D eigenvalue weighted by Gasteiger charge is -2.15. The van der Waals surface area contributed by atoms with E-state index >= 15 is 0 Å². The molecule has 15 heavy (non-hydrogen) atoms. The number of aryl methyl sites for hydroxylation is 1. The van der Waals surface area contributed by atoms with E-state index in [0.29, 0.717) is 6.04 Å². The molecule has 1 N–H and O–H groups in total. The quantitative estimate of drug-likeness (QED) is 0.781. The SMILES string of the molecule is Cc1cccnc1CNC(C)CC(C)Cl. The molecule has 0 aromatic carbocycles. The van der Waals surface area contributed by atoms with E-state index in [1.165, 1.54) is 5.56 Å². The Balaban J connectivity index is 2.40. The molecule has 1 heterocycles. The van der Waals surface area contributed by atoms with Crippen LogP contribution >= 0.6 is 11.6 Å². The molecule has 2 unspecified atom stereocenters. The van der Waals surface area contributed by atoms with Crippen molar-refractivity contribution in [2.75, 3.05) is 0 Å². The number of pyridine rings is 1. The average Bonchev–Trinajstić information content (AvgIpc) is 2.15. The third-order valence-corrected chi connectivity index (χ3v) is 2.59. The van der Waals surface area contributed by atoms with Crippen molar-refractivity contribution in [1.82, 2.24) is 10.3 Å². The van der Waals surface area contributed by atoms with E-state index in [-0.39, 0.29) is 5.38 Å². The summed E-state index contributed by atoms with van der Waals surface area (Å²) in [7, 11) is 0. The lowest BCUT2D eigenvalue weighted by atomic mass is 10.1. The lowest BCUT2D eigenvalue weighted by Crippen LogP contribution is -2.28. The van der Waals surface area contributed by atoms with Crippen molar-refractivity contribution >= 4 is 11.6 Å². The zero-order valence-electron chi connectivity index (χ0n) is 9.63. The molecule has 3 heteroatoms. The van der Waals surface area contributed by atoms with Gasteiger partial charge in [0, 0.05) is 24.2 Å². The summed E-state index contributed by atoms with van der Waals surface area (Å²) in [5, 5.41) is 3.64. The first-order chi connectivity index (χ1) is 7.09. The van der Waals surface area contributed by atoms with E-state index < -0.39 is 0 Å². The zero-order chi connectivity index (χ0) is 11.3. The number of alkyl halides is 1. The van der Waals surface area contributed by atoms with Gasteiger partial charge in [0.05, 0.1) is 5.69 Å². The highest BCUT2D eigenvalue weighted by atomic mass is 35.5. The number of aromatic nitrogens is 1. The molecule has 1 rings (SSSR count). The minimum atomic E-state index is 0.220. The van der Waals surface area contributed by atoms with Gasteiger partial charge in [-0.3, -0.25) is 4.98 Å². The van der Waals surface area contributed by atoms with Crippen LogP contribution in [0.3, 0.4) is 0 Å². The van der Waals surface area contributed by atoms with E-state index in [0.717, 1.165) is 18.7 Å². The Hall–Kier alpha value is -0.600. The maximum absolute atomic E-state index is 5.93.